The van der Waals surface area contributed by atoms with E-state index in [1.165, 1.54) is 12.3 Å². The van der Waals surface area contributed by atoms with Crippen molar-refractivity contribution in [3.63, 3.8) is 0 Å². The molecule has 0 aliphatic carbocycles. The Kier molecular flexibility index (Phi) is 10.9. The van der Waals surface area contributed by atoms with Crippen LogP contribution in [-0.2, 0) is 6.54 Å². The van der Waals surface area contributed by atoms with Crippen LogP contribution >= 0.6 is 24.0 Å². The van der Waals surface area contributed by atoms with Crippen LogP contribution in [0.1, 0.15) is 21.5 Å². The molecule has 7 nitrogen and oxygen atoms in total. The molecule has 0 atom stereocenters. The van der Waals surface area contributed by atoms with Crippen molar-refractivity contribution in [1.29, 1.82) is 0 Å². The Morgan fingerprint density at radius 1 is 1.21 bits per heavy atom. The highest BCUT2D eigenvalue weighted by Gasteiger charge is 2.10. The Morgan fingerprint density at radius 3 is 2.62 bits per heavy atom. The second-order valence-corrected chi connectivity index (χ2v) is 5.84. The average molecular weight is 519 g/mol. The molecule has 2 aromatic rings. The van der Waals surface area contributed by atoms with E-state index in [2.05, 4.69) is 30.7 Å². The number of halogens is 3. The number of pyridine rings is 1. The quantitative estimate of drug-likeness (QED) is 0.216. The Morgan fingerprint density at radius 2 is 1.97 bits per heavy atom. The third-order valence-electron chi connectivity index (χ3n) is 3.73. The van der Waals surface area contributed by atoms with Crippen LogP contribution in [-0.4, -0.2) is 43.6 Å². The van der Waals surface area contributed by atoms with Gasteiger partial charge in [0.05, 0.1) is 5.56 Å². The van der Waals surface area contributed by atoms with Crippen molar-refractivity contribution < 1.29 is 18.3 Å². The smallest absolute Gasteiger partial charge is 0.387 e. The first-order valence-electron chi connectivity index (χ1n) is 8.66. The van der Waals surface area contributed by atoms with Crippen molar-refractivity contribution in [3.05, 3.63) is 59.4 Å². The highest BCUT2D eigenvalue weighted by atomic mass is 127. The lowest BCUT2D eigenvalue weighted by Gasteiger charge is -2.15. The number of hydrogen-bond acceptors (Lipinski definition) is 4. The fourth-order valence-corrected chi connectivity index (χ4v) is 2.41. The van der Waals surface area contributed by atoms with Gasteiger partial charge in [-0.3, -0.25) is 14.8 Å². The number of benzene rings is 1. The van der Waals surface area contributed by atoms with Crippen LogP contribution in [0.5, 0.6) is 5.75 Å². The number of alkyl halides is 2. The molecule has 0 aliphatic rings. The maximum Gasteiger partial charge on any atom is 0.387 e. The van der Waals surface area contributed by atoms with Crippen LogP contribution in [0.25, 0.3) is 0 Å². The summed E-state index contributed by atoms with van der Waals surface area (Å²) in [5, 5.41) is 8.84. The van der Waals surface area contributed by atoms with Crippen molar-refractivity contribution >= 4 is 35.8 Å². The van der Waals surface area contributed by atoms with Gasteiger partial charge in [0.25, 0.3) is 5.91 Å². The van der Waals surface area contributed by atoms with E-state index in [0.717, 1.165) is 5.56 Å². The summed E-state index contributed by atoms with van der Waals surface area (Å²) in [6, 6.07) is 8.36. The lowest BCUT2D eigenvalue weighted by molar-refractivity contribution is -0.0504. The molecule has 1 aromatic heterocycles. The number of rotatable bonds is 8. The number of amides is 1. The minimum Gasteiger partial charge on any atom is -0.434 e. The summed E-state index contributed by atoms with van der Waals surface area (Å²) in [4.78, 5) is 19.9. The maximum absolute atomic E-state index is 12.5. The second-order valence-electron chi connectivity index (χ2n) is 5.84. The number of aryl methyl sites for hydroxylation is 1. The Labute approximate surface area is 185 Å². The van der Waals surface area contributed by atoms with Crippen molar-refractivity contribution in [2.45, 2.75) is 20.1 Å². The van der Waals surface area contributed by atoms with E-state index in [4.69, 9.17) is 0 Å². The first kappa shape index (κ1) is 24.5. The molecule has 1 heterocycles. The van der Waals surface area contributed by atoms with Crippen LogP contribution in [0.4, 0.5) is 8.78 Å². The van der Waals surface area contributed by atoms with Crippen LogP contribution in [0.3, 0.4) is 0 Å². The zero-order chi connectivity index (χ0) is 20.4. The van der Waals surface area contributed by atoms with Crippen LogP contribution < -0.4 is 20.7 Å². The van der Waals surface area contributed by atoms with Gasteiger partial charge in [-0.05, 0) is 25.1 Å². The first-order valence-corrected chi connectivity index (χ1v) is 8.66. The molecule has 29 heavy (non-hydrogen) atoms. The fraction of sp³-hybridized carbons (Fsp3) is 0.316. The predicted molar refractivity (Wildman–Crippen MR) is 118 cm³/mol. The fourth-order valence-electron chi connectivity index (χ4n) is 2.41. The van der Waals surface area contributed by atoms with Gasteiger partial charge in [0.1, 0.15) is 5.75 Å². The SMILES string of the molecule is CN=C(NCCNC(=O)c1cccnc1)NCc1cc(C)ccc1OC(F)F.I. The van der Waals surface area contributed by atoms with E-state index in [0.29, 0.717) is 30.2 Å². The number of guanidine groups is 1. The molecule has 0 aliphatic heterocycles. The van der Waals surface area contributed by atoms with Gasteiger partial charge in [-0.25, -0.2) is 0 Å². The second kappa shape index (κ2) is 12.9. The first-order chi connectivity index (χ1) is 13.5. The van der Waals surface area contributed by atoms with Crippen LogP contribution in [0, 0.1) is 6.92 Å². The lowest BCUT2D eigenvalue weighted by Crippen LogP contribution is -2.41. The van der Waals surface area contributed by atoms with E-state index in [9.17, 15) is 13.6 Å². The van der Waals surface area contributed by atoms with Crippen molar-refractivity contribution in [2.24, 2.45) is 4.99 Å². The maximum atomic E-state index is 12.5. The van der Waals surface area contributed by atoms with Gasteiger partial charge in [0.2, 0.25) is 0 Å². The van der Waals surface area contributed by atoms with Gasteiger partial charge in [-0.15, -0.1) is 24.0 Å². The molecular formula is C19H24F2IN5O2. The predicted octanol–water partition coefficient (Wildman–Crippen LogP) is 2.70. The molecule has 2 rings (SSSR count). The van der Waals surface area contributed by atoms with E-state index < -0.39 is 6.61 Å². The van der Waals surface area contributed by atoms with Crippen LogP contribution in [0.15, 0.2) is 47.7 Å². The summed E-state index contributed by atoms with van der Waals surface area (Å²) in [6.07, 6.45) is 3.09. The molecule has 0 unspecified atom stereocenters. The van der Waals surface area contributed by atoms with E-state index >= 15 is 0 Å². The highest BCUT2D eigenvalue weighted by molar-refractivity contribution is 14.0. The third-order valence-corrected chi connectivity index (χ3v) is 3.73. The number of aliphatic imine (C=N–C) groups is 1. The minimum atomic E-state index is -2.89. The monoisotopic (exact) mass is 519 g/mol. The van der Waals surface area contributed by atoms with Gasteiger partial charge >= 0.3 is 6.61 Å². The van der Waals surface area contributed by atoms with Crippen molar-refractivity contribution in [2.75, 3.05) is 20.1 Å². The molecule has 0 fully saturated rings. The number of carbonyl (C=O) groups is 1. The summed E-state index contributed by atoms with van der Waals surface area (Å²) in [5.74, 6) is 0.374. The summed E-state index contributed by atoms with van der Waals surface area (Å²) < 4.78 is 29.6. The number of aromatic nitrogens is 1. The molecular weight excluding hydrogens is 495 g/mol. The van der Waals surface area contributed by atoms with Gasteiger partial charge in [-0.2, -0.15) is 8.78 Å². The zero-order valence-electron chi connectivity index (χ0n) is 16.1. The summed E-state index contributed by atoms with van der Waals surface area (Å²) in [5.41, 5.74) is 2.00. The molecule has 1 amide bonds. The number of ether oxygens (including phenoxy) is 1. The molecule has 1 aromatic carbocycles. The lowest BCUT2D eigenvalue weighted by atomic mass is 10.1. The molecule has 0 spiro atoms. The Bertz CT molecular complexity index is 806. The van der Waals surface area contributed by atoms with Gasteiger partial charge < -0.3 is 20.7 Å². The number of nitrogens with zero attached hydrogens (tertiary/aromatic N) is 2. The Hall–Kier alpha value is -2.50. The Balaban J connectivity index is 0.00000420. The molecule has 158 valence electrons. The topological polar surface area (TPSA) is 87.6 Å². The number of carbonyl (C=O) groups excluding carboxylic acids is 1. The third kappa shape index (κ3) is 8.59. The minimum absolute atomic E-state index is 0. The van der Waals surface area contributed by atoms with E-state index in [1.54, 1.807) is 37.5 Å². The number of nitrogens with one attached hydrogen (secondary N) is 3. The molecule has 0 radical (unpaired) electrons. The zero-order valence-corrected chi connectivity index (χ0v) is 18.4. The van der Waals surface area contributed by atoms with Gasteiger partial charge in [0.15, 0.2) is 5.96 Å². The standard InChI is InChI=1S/C19H23F2N5O2.HI/c1-13-5-6-16(28-18(20)21)15(10-13)12-26-19(22-2)25-9-8-24-17(27)14-4-3-7-23-11-14;/h3-7,10-11,18H,8-9,12H2,1-2H3,(H,24,27)(H2,22,25,26);1H. The largest absolute Gasteiger partial charge is 0.434 e. The molecule has 0 saturated carbocycles. The summed E-state index contributed by atoms with van der Waals surface area (Å²) >= 11 is 0. The molecule has 0 saturated heterocycles. The molecule has 3 N–H and O–H groups in total. The summed E-state index contributed by atoms with van der Waals surface area (Å²) in [7, 11) is 1.59. The average Bonchev–Trinajstić information content (AvgIpc) is 2.69. The van der Waals surface area contributed by atoms with Gasteiger partial charge in [-0.1, -0.05) is 17.7 Å². The number of hydrogen-bond donors (Lipinski definition) is 3. The highest BCUT2D eigenvalue weighted by Crippen LogP contribution is 2.21. The van der Waals surface area contributed by atoms with E-state index in [1.807, 2.05) is 6.92 Å². The normalized spacial score (nSPS) is 10.9. The van der Waals surface area contributed by atoms with Gasteiger partial charge in [0, 0.05) is 44.6 Å². The molecule has 10 heteroatoms. The molecule has 0 bridgehead atoms. The van der Waals surface area contributed by atoms with E-state index in [-0.39, 0.29) is 42.2 Å². The van der Waals surface area contributed by atoms with Crippen molar-refractivity contribution in [3.8, 4) is 5.75 Å². The summed E-state index contributed by atoms with van der Waals surface area (Å²) in [6.45, 7) is 0.0414. The van der Waals surface area contributed by atoms with Crippen molar-refractivity contribution in [1.82, 2.24) is 20.9 Å². The van der Waals surface area contributed by atoms with Crippen LogP contribution in [0.2, 0.25) is 0 Å².